The Labute approximate surface area is 103 Å². The van der Waals surface area contributed by atoms with Gasteiger partial charge in [-0.1, -0.05) is 11.3 Å². The van der Waals surface area contributed by atoms with E-state index >= 15 is 0 Å². The maximum absolute atomic E-state index is 11.9. The van der Waals surface area contributed by atoms with Crippen LogP contribution < -0.4 is 10.6 Å². The zero-order valence-corrected chi connectivity index (χ0v) is 10.3. The first-order chi connectivity index (χ1) is 8.20. The van der Waals surface area contributed by atoms with Crippen LogP contribution in [0.3, 0.4) is 0 Å². The van der Waals surface area contributed by atoms with Crippen LogP contribution in [0.1, 0.15) is 15.9 Å². The second-order valence-electron chi connectivity index (χ2n) is 3.48. The van der Waals surface area contributed by atoms with E-state index in [0.29, 0.717) is 10.7 Å². The van der Waals surface area contributed by atoms with E-state index < -0.39 is 0 Å². The molecule has 2 aromatic rings. The van der Waals surface area contributed by atoms with Gasteiger partial charge in [0.05, 0.1) is 0 Å². The van der Waals surface area contributed by atoms with Gasteiger partial charge in [0.1, 0.15) is 5.51 Å². The summed E-state index contributed by atoms with van der Waals surface area (Å²) < 4.78 is 0. The van der Waals surface area contributed by atoms with Gasteiger partial charge in [-0.3, -0.25) is 10.1 Å². The normalized spacial score (nSPS) is 10.0. The van der Waals surface area contributed by atoms with Gasteiger partial charge in [0, 0.05) is 18.3 Å². The molecular formula is C11H12N4OS. The Morgan fingerprint density at radius 1 is 1.41 bits per heavy atom. The molecule has 1 heterocycles. The number of carbonyl (C=O) groups is 1. The molecule has 0 bridgehead atoms. The van der Waals surface area contributed by atoms with Crippen molar-refractivity contribution in [2.45, 2.75) is 6.92 Å². The van der Waals surface area contributed by atoms with E-state index in [2.05, 4.69) is 20.8 Å². The van der Waals surface area contributed by atoms with Crippen LogP contribution in [0.2, 0.25) is 0 Å². The van der Waals surface area contributed by atoms with Crippen LogP contribution in [0.4, 0.5) is 10.8 Å². The highest BCUT2D eigenvalue weighted by Crippen LogP contribution is 2.17. The average molecular weight is 248 g/mol. The van der Waals surface area contributed by atoms with E-state index in [1.807, 2.05) is 26.1 Å². The van der Waals surface area contributed by atoms with Crippen molar-refractivity contribution in [2.24, 2.45) is 0 Å². The number of aryl methyl sites for hydroxylation is 1. The maximum atomic E-state index is 11.9. The fraction of sp³-hybridized carbons (Fsp3) is 0.182. The van der Waals surface area contributed by atoms with Crippen molar-refractivity contribution < 1.29 is 4.79 Å². The van der Waals surface area contributed by atoms with E-state index in [4.69, 9.17) is 0 Å². The molecular weight excluding hydrogens is 236 g/mol. The van der Waals surface area contributed by atoms with Crippen molar-refractivity contribution in [3.05, 3.63) is 34.8 Å². The van der Waals surface area contributed by atoms with Crippen LogP contribution in [0.25, 0.3) is 0 Å². The number of rotatable bonds is 3. The van der Waals surface area contributed by atoms with Gasteiger partial charge in [0.25, 0.3) is 5.91 Å². The van der Waals surface area contributed by atoms with Gasteiger partial charge >= 0.3 is 0 Å². The van der Waals surface area contributed by atoms with Crippen molar-refractivity contribution in [3.63, 3.8) is 0 Å². The van der Waals surface area contributed by atoms with Crippen LogP contribution in [-0.2, 0) is 0 Å². The van der Waals surface area contributed by atoms with Crippen LogP contribution in [0.5, 0.6) is 0 Å². The van der Waals surface area contributed by atoms with E-state index in [-0.39, 0.29) is 5.91 Å². The van der Waals surface area contributed by atoms with E-state index in [0.717, 1.165) is 11.3 Å². The molecule has 0 unspecified atom stereocenters. The molecule has 0 saturated carbocycles. The molecule has 0 radical (unpaired) electrons. The van der Waals surface area contributed by atoms with Gasteiger partial charge in [-0.05, 0) is 30.7 Å². The molecule has 88 valence electrons. The largest absolute Gasteiger partial charge is 0.388 e. The summed E-state index contributed by atoms with van der Waals surface area (Å²) in [5.74, 6) is -0.165. The second-order valence-corrected chi connectivity index (χ2v) is 4.31. The molecule has 0 atom stereocenters. The number of nitrogens with one attached hydrogen (secondary N) is 2. The number of hydrogen-bond acceptors (Lipinski definition) is 5. The summed E-state index contributed by atoms with van der Waals surface area (Å²) in [6.07, 6.45) is 0. The molecule has 1 amide bonds. The summed E-state index contributed by atoms with van der Waals surface area (Å²) >= 11 is 1.29. The van der Waals surface area contributed by atoms with E-state index in [9.17, 15) is 4.79 Å². The number of amides is 1. The molecule has 0 fully saturated rings. The molecule has 1 aromatic carbocycles. The van der Waals surface area contributed by atoms with E-state index in [1.165, 1.54) is 11.3 Å². The first-order valence-electron chi connectivity index (χ1n) is 5.06. The van der Waals surface area contributed by atoms with Gasteiger partial charge in [-0.25, -0.2) is 0 Å². The number of carbonyl (C=O) groups excluding carboxylic acids is 1. The predicted molar refractivity (Wildman–Crippen MR) is 68.6 cm³/mol. The zero-order chi connectivity index (χ0) is 12.3. The highest BCUT2D eigenvalue weighted by molar-refractivity contribution is 7.13. The van der Waals surface area contributed by atoms with Gasteiger partial charge in [-0.2, -0.15) is 0 Å². The summed E-state index contributed by atoms with van der Waals surface area (Å²) in [6.45, 7) is 1.90. The van der Waals surface area contributed by atoms with Crippen LogP contribution >= 0.6 is 11.3 Å². The SMILES string of the molecule is CNc1ccc(C(=O)Nc2nncs2)c(C)c1. The number of aromatic nitrogens is 2. The topological polar surface area (TPSA) is 66.9 Å². The highest BCUT2D eigenvalue weighted by Gasteiger charge is 2.10. The third-order valence-corrected chi connectivity index (χ3v) is 2.95. The van der Waals surface area contributed by atoms with Gasteiger partial charge in [0.2, 0.25) is 5.13 Å². The molecule has 5 nitrogen and oxygen atoms in total. The molecule has 0 saturated heterocycles. The average Bonchev–Trinajstić information content (AvgIpc) is 2.81. The molecule has 6 heteroatoms. The van der Waals surface area contributed by atoms with Gasteiger partial charge < -0.3 is 5.32 Å². The second kappa shape index (κ2) is 4.92. The molecule has 17 heavy (non-hydrogen) atoms. The minimum absolute atomic E-state index is 0.165. The minimum atomic E-state index is -0.165. The van der Waals surface area contributed by atoms with Crippen LogP contribution in [0.15, 0.2) is 23.7 Å². The summed E-state index contributed by atoms with van der Waals surface area (Å²) in [4.78, 5) is 11.9. The Bertz CT molecular complexity index is 524. The molecule has 0 aliphatic carbocycles. The summed E-state index contributed by atoms with van der Waals surface area (Å²) in [5.41, 5.74) is 4.11. The molecule has 2 rings (SSSR count). The zero-order valence-electron chi connectivity index (χ0n) is 9.52. The van der Waals surface area contributed by atoms with Crippen molar-refractivity contribution in [1.82, 2.24) is 10.2 Å². The van der Waals surface area contributed by atoms with Crippen molar-refractivity contribution in [3.8, 4) is 0 Å². The first-order valence-corrected chi connectivity index (χ1v) is 5.94. The quantitative estimate of drug-likeness (QED) is 0.873. The van der Waals surface area contributed by atoms with Gasteiger partial charge in [0.15, 0.2) is 0 Å². The first kappa shape index (κ1) is 11.5. The Morgan fingerprint density at radius 3 is 2.82 bits per heavy atom. The van der Waals surface area contributed by atoms with Crippen molar-refractivity contribution in [2.75, 3.05) is 17.7 Å². The monoisotopic (exact) mass is 248 g/mol. The lowest BCUT2D eigenvalue weighted by Gasteiger charge is -2.07. The molecule has 0 aliphatic rings. The smallest absolute Gasteiger partial charge is 0.257 e. The lowest BCUT2D eigenvalue weighted by atomic mass is 10.1. The molecule has 1 aromatic heterocycles. The fourth-order valence-electron chi connectivity index (χ4n) is 1.47. The Balaban J connectivity index is 2.19. The number of anilines is 2. The Hall–Kier alpha value is -1.95. The molecule has 0 aliphatic heterocycles. The molecule has 2 N–H and O–H groups in total. The van der Waals surface area contributed by atoms with Gasteiger partial charge in [-0.15, -0.1) is 10.2 Å². The lowest BCUT2D eigenvalue weighted by molar-refractivity contribution is 0.102. The van der Waals surface area contributed by atoms with Crippen LogP contribution in [0, 0.1) is 6.92 Å². The lowest BCUT2D eigenvalue weighted by Crippen LogP contribution is -2.13. The Kier molecular flexibility index (Phi) is 3.34. The minimum Gasteiger partial charge on any atom is -0.388 e. The molecule has 0 spiro atoms. The van der Waals surface area contributed by atoms with Crippen molar-refractivity contribution in [1.29, 1.82) is 0 Å². The summed E-state index contributed by atoms with van der Waals surface area (Å²) in [6, 6.07) is 5.58. The number of nitrogens with zero attached hydrogens (tertiary/aromatic N) is 2. The predicted octanol–water partition coefficient (Wildman–Crippen LogP) is 2.14. The van der Waals surface area contributed by atoms with E-state index in [1.54, 1.807) is 11.6 Å². The Morgan fingerprint density at radius 2 is 2.24 bits per heavy atom. The summed E-state index contributed by atoms with van der Waals surface area (Å²) in [5, 5.41) is 13.7. The standard InChI is InChI=1S/C11H12N4OS/c1-7-5-8(12-2)3-4-9(7)10(16)14-11-15-13-6-17-11/h3-6,12H,1-2H3,(H,14,15,16). The third-order valence-electron chi connectivity index (χ3n) is 2.34. The number of benzene rings is 1. The number of hydrogen-bond donors (Lipinski definition) is 2. The van der Waals surface area contributed by atoms with Crippen molar-refractivity contribution >= 4 is 28.1 Å². The van der Waals surface area contributed by atoms with Crippen LogP contribution in [-0.4, -0.2) is 23.2 Å². The summed E-state index contributed by atoms with van der Waals surface area (Å²) in [7, 11) is 1.84. The fourth-order valence-corrected chi connectivity index (χ4v) is 1.91. The highest BCUT2D eigenvalue weighted by atomic mass is 32.1. The third kappa shape index (κ3) is 2.59. The maximum Gasteiger partial charge on any atom is 0.257 e.